The molecule has 0 radical (unpaired) electrons. The van der Waals surface area contributed by atoms with E-state index in [9.17, 15) is 9.18 Å². The Labute approximate surface area is 93.5 Å². The first-order chi connectivity index (χ1) is 7.65. The van der Waals surface area contributed by atoms with Gasteiger partial charge in [-0.15, -0.1) is 0 Å². The van der Waals surface area contributed by atoms with Gasteiger partial charge in [0.25, 0.3) is 0 Å². The fraction of sp³-hybridized carbons (Fsp3) is 0.455. The van der Waals surface area contributed by atoms with Crippen LogP contribution in [-0.2, 0) is 4.79 Å². The Balaban J connectivity index is 2.00. The summed E-state index contributed by atoms with van der Waals surface area (Å²) < 4.78 is 12.9. The molecule has 1 aliphatic rings. The molecule has 1 unspecified atom stereocenters. The van der Waals surface area contributed by atoms with Crippen LogP contribution in [0.15, 0.2) is 18.2 Å². The quantitative estimate of drug-likeness (QED) is 0.759. The number of pyridine rings is 1. The van der Waals surface area contributed by atoms with E-state index in [2.05, 4.69) is 10.3 Å². The molecule has 1 aliphatic heterocycles. The number of carbonyl (C=O) groups excluding carboxylic acids is 1. The SMILES string of the molecule is CC(=O)NC1CCN(c2cccc(F)n2)C1. The van der Waals surface area contributed by atoms with Gasteiger partial charge in [0, 0.05) is 26.1 Å². The average Bonchev–Trinajstić information content (AvgIpc) is 2.65. The Kier molecular flexibility index (Phi) is 3.03. The highest BCUT2D eigenvalue weighted by molar-refractivity contribution is 5.73. The summed E-state index contributed by atoms with van der Waals surface area (Å²) in [7, 11) is 0. The van der Waals surface area contributed by atoms with Crippen LogP contribution >= 0.6 is 0 Å². The van der Waals surface area contributed by atoms with E-state index in [1.807, 2.05) is 4.90 Å². The zero-order valence-electron chi connectivity index (χ0n) is 9.11. The van der Waals surface area contributed by atoms with E-state index in [1.54, 1.807) is 12.1 Å². The minimum Gasteiger partial charge on any atom is -0.354 e. The van der Waals surface area contributed by atoms with Crippen molar-refractivity contribution < 1.29 is 9.18 Å². The summed E-state index contributed by atoms with van der Waals surface area (Å²) in [5.41, 5.74) is 0. The fourth-order valence-corrected chi connectivity index (χ4v) is 1.95. The molecule has 1 aromatic heterocycles. The van der Waals surface area contributed by atoms with Gasteiger partial charge in [-0.3, -0.25) is 4.79 Å². The molecule has 5 heteroatoms. The largest absolute Gasteiger partial charge is 0.354 e. The van der Waals surface area contributed by atoms with E-state index < -0.39 is 5.95 Å². The molecule has 1 amide bonds. The molecular weight excluding hydrogens is 209 g/mol. The van der Waals surface area contributed by atoms with Crippen LogP contribution < -0.4 is 10.2 Å². The van der Waals surface area contributed by atoms with E-state index in [1.165, 1.54) is 13.0 Å². The summed E-state index contributed by atoms with van der Waals surface area (Å²) in [5, 5.41) is 2.85. The molecule has 1 atom stereocenters. The van der Waals surface area contributed by atoms with Crippen LogP contribution in [0.3, 0.4) is 0 Å². The predicted octanol–water partition coefficient (Wildman–Crippen LogP) is 0.935. The molecule has 0 bridgehead atoms. The topological polar surface area (TPSA) is 45.2 Å². The molecule has 2 rings (SSSR count). The summed E-state index contributed by atoms with van der Waals surface area (Å²) in [6.07, 6.45) is 0.873. The molecule has 1 aromatic rings. The van der Waals surface area contributed by atoms with Crippen molar-refractivity contribution in [2.75, 3.05) is 18.0 Å². The van der Waals surface area contributed by atoms with Gasteiger partial charge in [-0.2, -0.15) is 4.39 Å². The molecule has 1 fully saturated rings. The van der Waals surface area contributed by atoms with Gasteiger partial charge in [0.15, 0.2) is 0 Å². The number of rotatable bonds is 2. The van der Waals surface area contributed by atoms with Crippen LogP contribution in [0.4, 0.5) is 10.2 Å². The Morgan fingerprint density at radius 1 is 1.62 bits per heavy atom. The molecule has 4 nitrogen and oxygen atoms in total. The predicted molar refractivity (Wildman–Crippen MR) is 58.6 cm³/mol. The van der Waals surface area contributed by atoms with E-state index >= 15 is 0 Å². The molecule has 1 saturated heterocycles. The summed E-state index contributed by atoms with van der Waals surface area (Å²) in [4.78, 5) is 16.7. The van der Waals surface area contributed by atoms with Gasteiger partial charge >= 0.3 is 0 Å². The van der Waals surface area contributed by atoms with Crippen LogP contribution in [0.5, 0.6) is 0 Å². The Hall–Kier alpha value is -1.65. The summed E-state index contributed by atoms with van der Waals surface area (Å²) in [6.45, 7) is 2.99. The van der Waals surface area contributed by atoms with Gasteiger partial charge < -0.3 is 10.2 Å². The van der Waals surface area contributed by atoms with Gasteiger partial charge in [0.1, 0.15) is 5.82 Å². The summed E-state index contributed by atoms with van der Waals surface area (Å²) in [5.74, 6) is 0.132. The van der Waals surface area contributed by atoms with Crippen LogP contribution in [0, 0.1) is 5.95 Å². The highest BCUT2D eigenvalue weighted by Crippen LogP contribution is 2.17. The number of hydrogen-bond donors (Lipinski definition) is 1. The second-order valence-corrected chi connectivity index (χ2v) is 3.95. The molecule has 16 heavy (non-hydrogen) atoms. The number of nitrogens with zero attached hydrogens (tertiary/aromatic N) is 2. The standard InChI is InChI=1S/C11H14FN3O/c1-8(16)13-9-5-6-15(7-9)11-4-2-3-10(12)14-11/h2-4,9H,5-7H2,1H3,(H,13,16). The third-order valence-electron chi connectivity index (χ3n) is 2.62. The van der Waals surface area contributed by atoms with Crippen molar-refractivity contribution in [1.29, 1.82) is 0 Å². The van der Waals surface area contributed by atoms with Crippen LogP contribution in [0.25, 0.3) is 0 Å². The first kappa shape index (κ1) is 10.9. The lowest BCUT2D eigenvalue weighted by Crippen LogP contribution is -2.35. The number of halogens is 1. The van der Waals surface area contributed by atoms with E-state index in [4.69, 9.17) is 0 Å². The maximum Gasteiger partial charge on any atom is 0.217 e. The maximum atomic E-state index is 12.9. The van der Waals surface area contributed by atoms with Gasteiger partial charge in [-0.25, -0.2) is 4.98 Å². The van der Waals surface area contributed by atoms with E-state index in [0.29, 0.717) is 12.4 Å². The summed E-state index contributed by atoms with van der Waals surface area (Å²) in [6, 6.07) is 4.88. The molecule has 0 aliphatic carbocycles. The van der Waals surface area contributed by atoms with Crippen molar-refractivity contribution >= 4 is 11.7 Å². The van der Waals surface area contributed by atoms with Crippen molar-refractivity contribution in [3.63, 3.8) is 0 Å². The van der Waals surface area contributed by atoms with Crippen LogP contribution in [0.1, 0.15) is 13.3 Å². The molecule has 0 spiro atoms. The molecule has 2 heterocycles. The third kappa shape index (κ3) is 2.48. The molecule has 0 aromatic carbocycles. The summed E-state index contributed by atoms with van der Waals surface area (Å²) >= 11 is 0. The average molecular weight is 223 g/mol. The van der Waals surface area contributed by atoms with E-state index in [0.717, 1.165) is 13.0 Å². The number of carbonyl (C=O) groups is 1. The zero-order chi connectivity index (χ0) is 11.5. The first-order valence-electron chi connectivity index (χ1n) is 5.30. The van der Waals surface area contributed by atoms with Crippen molar-refractivity contribution in [3.8, 4) is 0 Å². The Bertz CT molecular complexity index is 397. The van der Waals surface area contributed by atoms with Crippen LogP contribution in [0.2, 0.25) is 0 Å². The number of nitrogens with one attached hydrogen (secondary N) is 1. The van der Waals surface area contributed by atoms with Crippen molar-refractivity contribution in [2.24, 2.45) is 0 Å². The molecule has 0 saturated carbocycles. The smallest absolute Gasteiger partial charge is 0.217 e. The van der Waals surface area contributed by atoms with Crippen molar-refractivity contribution in [3.05, 3.63) is 24.1 Å². The molecule has 1 N–H and O–H groups in total. The minimum atomic E-state index is -0.472. The van der Waals surface area contributed by atoms with Gasteiger partial charge in [0.2, 0.25) is 11.9 Å². The Morgan fingerprint density at radius 3 is 3.12 bits per heavy atom. The van der Waals surface area contributed by atoms with Gasteiger partial charge in [0.05, 0.1) is 0 Å². The Morgan fingerprint density at radius 2 is 2.44 bits per heavy atom. The molecular formula is C11H14FN3O. The minimum absolute atomic E-state index is 0.0287. The lowest BCUT2D eigenvalue weighted by Gasteiger charge is -2.17. The number of aromatic nitrogens is 1. The second kappa shape index (κ2) is 4.47. The van der Waals surface area contributed by atoms with Gasteiger partial charge in [-0.05, 0) is 18.6 Å². The van der Waals surface area contributed by atoms with E-state index in [-0.39, 0.29) is 11.9 Å². The van der Waals surface area contributed by atoms with Crippen LogP contribution in [-0.4, -0.2) is 30.0 Å². The molecule has 86 valence electrons. The highest BCUT2D eigenvalue weighted by Gasteiger charge is 2.23. The number of hydrogen-bond acceptors (Lipinski definition) is 3. The lowest BCUT2D eigenvalue weighted by molar-refractivity contribution is -0.119. The highest BCUT2D eigenvalue weighted by atomic mass is 19.1. The third-order valence-corrected chi connectivity index (χ3v) is 2.62. The van der Waals surface area contributed by atoms with Crippen molar-refractivity contribution in [2.45, 2.75) is 19.4 Å². The number of anilines is 1. The fourth-order valence-electron chi connectivity index (χ4n) is 1.95. The lowest BCUT2D eigenvalue weighted by atomic mass is 10.3. The second-order valence-electron chi connectivity index (χ2n) is 3.95. The van der Waals surface area contributed by atoms with Gasteiger partial charge in [-0.1, -0.05) is 6.07 Å². The normalized spacial score (nSPS) is 19.9. The monoisotopic (exact) mass is 223 g/mol. The maximum absolute atomic E-state index is 12.9. The first-order valence-corrected chi connectivity index (χ1v) is 5.30. The zero-order valence-corrected chi connectivity index (χ0v) is 9.11. The number of amides is 1. The van der Waals surface area contributed by atoms with Crippen molar-refractivity contribution in [1.82, 2.24) is 10.3 Å².